The lowest BCUT2D eigenvalue weighted by Gasteiger charge is -2.34. The summed E-state index contributed by atoms with van der Waals surface area (Å²) in [4.78, 5) is 12.8. The van der Waals surface area contributed by atoms with Crippen LogP contribution >= 0.6 is 0 Å². The minimum Gasteiger partial charge on any atom is -0.459 e. The molecule has 0 fully saturated rings. The second kappa shape index (κ2) is 8.86. The molecule has 0 radical (unpaired) electrons. The maximum atomic E-state index is 12.8. The van der Waals surface area contributed by atoms with E-state index in [1.165, 1.54) is 19.1 Å². The summed E-state index contributed by atoms with van der Waals surface area (Å²) in [7, 11) is -4.05. The maximum absolute atomic E-state index is 12.8. The second-order valence-corrected chi connectivity index (χ2v) is 9.05. The van der Waals surface area contributed by atoms with Crippen LogP contribution in [0.3, 0.4) is 0 Å². The van der Waals surface area contributed by atoms with Crippen molar-refractivity contribution >= 4 is 16.0 Å². The van der Waals surface area contributed by atoms with Gasteiger partial charge in [-0.05, 0) is 37.5 Å². The molecule has 2 aromatic carbocycles. The molecule has 2 rings (SSSR count). The Bertz CT molecular complexity index is 894. The largest absolute Gasteiger partial charge is 0.459 e. The summed E-state index contributed by atoms with van der Waals surface area (Å²) in [6.07, 6.45) is -1.28. The van der Waals surface area contributed by atoms with Gasteiger partial charge in [-0.2, -0.15) is 4.72 Å². The lowest BCUT2D eigenvalue weighted by atomic mass is 9.88. The molecule has 0 bridgehead atoms. The van der Waals surface area contributed by atoms with Gasteiger partial charge >= 0.3 is 5.97 Å². The number of sulfonamides is 1. The molecule has 0 aliphatic heterocycles. The van der Waals surface area contributed by atoms with Crippen LogP contribution in [0.2, 0.25) is 0 Å². The van der Waals surface area contributed by atoms with E-state index >= 15 is 0 Å². The normalized spacial score (nSPS) is 15.1. The molecule has 7 heteroatoms. The highest BCUT2D eigenvalue weighted by molar-refractivity contribution is 7.89. The fourth-order valence-electron chi connectivity index (χ4n) is 2.82. The zero-order chi connectivity index (χ0) is 20.9. The number of aryl methyl sites for hydroxylation is 1. The molecule has 0 aliphatic carbocycles. The van der Waals surface area contributed by atoms with Gasteiger partial charge in [0, 0.05) is 0 Å². The summed E-state index contributed by atoms with van der Waals surface area (Å²) in [5.74, 6) is -1.22. The van der Waals surface area contributed by atoms with E-state index in [-0.39, 0.29) is 17.4 Å². The third-order valence-electron chi connectivity index (χ3n) is 4.54. The molecular formula is C21H27NO5S. The summed E-state index contributed by atoms with van der Waals surface area (Å²) in [5, 5.41) is 10.6. The van der Waals surface area contributed by atoms with Gasteiger partial charge in [0.25, 0.3) is 0 Å². The van der Waals surface area contributed by atoms with Gasteiger partial charge in [-0.15, -0.1) is 0 Å². The standard InChI is InChI=1S/C21H27NO5S/c1-15(2)19(23)21(4,20(24)27-14-17-8-6-5-7-9-17)22-28(25,26)18-12-10-16(3)11-13-18/h5-13,15,19,22-23H,14H2,1-4H3/t19-,21-/m0/s1. The molecule has 0 aromatic heterocycles. The quantitative estimate of drug-likeness (QED) is 0.659. The molecule has 0 aliphatic rings. The van der Waals surface area contributed by atoms with Gasteiger partial charge in [0.2, 0.25) is 10.0 Å². The second-order valence-electron chi connectivity index (χ2n) is 7.37. The van der Waals surface area contributed by atoms with Crippen molar-refractivity contribution in [1.29, 1.82) is 0 Å². The van der Waals surface area contributed by atoms with Gasteiger partial charge in [0.05, 0.1) is 11.0 Å². The first-order valence-corrected chi connectivity index (χ1v) is 10.5. The number of carbonyl (C=O) groups excluding carboxylic acids is 1. The summed E-state index contributed by atoms with van der Waals surface area (Å²) in [5.41, 5.74) is -0.169. The Morgan fingerprint density at radius 3 is 2.21 bits per heavy atom. The highest BCUT2D eigenvalue weighted by atomic mass is 32.2. The monoisotopic (exact) mass is 405 g/mol. The Morgan fingerprint density at radius 1 is 1.11 bits per heavy atom. The number of aliphatic hydroxyl groups excluding tert-OH is 1. The summed E-state index contributed by atoms with van der Waals surface area (Å²) >= 11 is 0. The molecule has 2 atom stereocenters. The van der Waals surface area contributed by atoms with Crippen molar-refractivity contribution in [2.24, 2.45) is 5.92 Å². The van der Waals surface area contributed by atoms with Gasteiger partial charge in [-0.25, -0.2) is 13.2 Å². The molecule has 152 valence electrons. The van der Waals surface area contributed by atoms with Crippen molar-refractivity contribution in [3.8, 4) is 0 Å². The van der Waals surface area contributed by atoms with Crippen molar-refractivity contribution in [2.45, 2.75) is 50.8 Å². The molecular weight excluding hydrogens is 378 g/mol. The minimum atomic E-state index is -4.05. The lowest BCUT2D eigenvalue weighted by molar-refractivity contribution is -0.157. The lowest BCUT2D eigenvalue weighted by Crippen LogP contribution is -2.61. The molecule has 0 saturated carbocycles. The number of nitrogens with one attached hydrogen (secondary N) is 1. The van der Waals surface area contributed by atoms with Crippen LogP contribution in [-0.2, 0) is 26.2 Å². The van der Waals surface area contributed by atoms with Gasteiger partial charge in [0.1, 0.15) is 6.61 Å². The van der Waals surface area contributed by atoms with Gasteiger partial charge < -0.3 is 9.84 Å². The molecule has 0 heterocycles. The van der Waals surface area contributed by atoms with Crippen LogP contribution in [0, 0.1) is 12.8 Å². The number of esters is 1. The summed E-state index contributed by atoms with van der Waals surface area (Å²) < 4.78 is 33.4. The number of carbonyl (C=O) groups is 1. The van der Waals surface area contributed by atoms with Gasteiger partial charge in [-0.3, -0.25) is 0 Å². The fourth-order valence-corrected chi connectivity index (χ4v) is 4.19. The Labute approximate surface area is 166 Å². The van der Waals surface area contributed by atoms with E-state index in [9.17, 15) is 18.3 Å². The summed E-state index contributed by atoms with van der Waals surface area (Å²) in [6.45, 7) is 6.57. The van der Waals surface area contributed by atoms with Crippen LogP contribution in [0.25, 0.3) is 0 Å². The Kier molecular flexibility index (Phi) is 6.98. The smallest absolute Gasteiger partial charge is 0.330 e. The average molecular weight is 406 g/mol. The van der Waals surface area contributed by atoms with E-state index in [2.05, 4.69) is 4.72 Å². The van der Waals surface area contributed by atoms with E-state index in [0.717, 1.165) is 11.1 Å². The average Bonchev–Trinajstić information content (AvgIpc) is 2.66. The molecule has 28 heavy (non-hydrogen) atoms. The molecule has 0 amide bonds. The van der Waals surface area contributed by atoms with E-state index in [0.29, 0.717) is 0 Å². The van der Waals surface area contributed by atoms with E-state index in [1.54, 1.807) is 38.1 Å². The highest BCUT2D eigenvalue weighted by Gasteiger charge is 2.47. The van der Waals surface area contributed by atoms with Crippen LogP contribution in [0.5, 0.6) is 0 Å². The predicted octanol–water partition coefficient (Wildman–Crippen LogP) is 2.79. The SMILES string of the molecule is Cc1ccc(S(=O)(=O)N[C@](C)(C(=O)OCc2ccccc2)[C@@H](O)C(C)C)cc1. The first-order chi connectivity index (χ1) is 13.1. The number of aliphatic hydroxyl groups is 1. The third-order valence-corrected chi connectivity index (χ3v) is 6.12. The fraction of sp³-hybridized carbons (Fsp3) is 0.381. The van der Waals surface area contributed by atoms with E-state index in [4.69, 9.17) is 4.74 Å². The van der Waals surface area contributed by atoms with Crippen LogP contribution < -0.4 is 4.72 Å². The highest BCUT2D eigenvalue weighted by Crippen LogP contribution is 2.23. The molecule has 2 aromatic rings. The molecule has 2 N–H and O–H groups in total. The van der Waals surface area contributed by atoms with Crippen LogP contribution in [0.1, 0.15) is 31.9 Å². The van der Waals surface area contributed by atoms with E-state index < -0.39 is 27.6 Å². The maximum Gasteiger partial charge on any atom is 0.330 e. The summed E-state index contributed by atoms with van der Waals surface area (Å²) in [6, 6.07) is 15.3. The first kappa shape index (κ1) is 22.1. The number of rotatable bonds is 8. The molecule has 6 nitrogen and oxygen atoms in total. The zero-order valence-corrected chi connectivity index (χ0v) is 17.4. The van der Waals surface area contributed by atoms with Gasteiger partial charge in [-0.1, -0.05) is 61.9 Å². The van der Waals surface area contributed by atoms with Crippen LogP contribution in [0.4, 0.5) is 0 Å². The number of hydrogen-bond donors (Lipinski definition) is 2. The predicted molar refractivity (Wildman–Crippen MR) is 107 cm³/mol. The first-order valence-electron chi connectivity index (χ1n) is 9.06. The Morgan fingerprint density at radius 2 is 1.68 bits per heavy atom. The minimum absolute atomic E-state index is 0.0103. The Hall–Kier alpha value is -2.22. The van der Waals surface area contributed by atoms with Crippen LogP contribution in [-0.4, -0.2) is 31.1 Å². The van der Waals surface area contributed by atoms with Crippen molar-refractivity contribution in [1.82, 2.24) is 4.72 Å². The molecule has 0 unspecified atom stereocenters. The number of hydrogen-bond acceptors (Lipinski definition) is 5. The molecule has 0 spiro atoms. The molecule has 0 saturated heterocycles. The van der Waals surface area contributed by atoms with Crippen molar-refractivity contribution < 1.29 is 23.1 Å². The Balaban J connectivity index is 2.29. The van der Waals surface area contributed by atoms with Crippen molar-refractivity contribution in [3.63, 3.8) is 0 Å². The topological polar surface area (TPSA) is 92.7 Å². The number of ether oxygens (including phenoxy) is 1. The zero-order valence-electron chi connectivity index (χ0n) is 16.5. The van der Waals surface area contributed by atoms with Crippen LogP contribution in [0.15, 0.2) is 59.5 Å². The van der Waals surface area contributed by atoms with E-state index in [1.807, 2.05) is 25.1 Å². The number of benzene rings is 2. The third kappa shape index (κ3) is 5.19. The van der Waals surface area contributed by atoms with Crippen molar-refractivity contribution in [2.75, 3.05) is 0 Å². The van der Waals surface area contributed by atoms with Crippen molar-refractivity contribution in [3.05, 3.63) is 65.7 Å². The van der Waals surface area contributed by atoms with Gasteiger partial charge in [0.15, 0.2) is 5.54 Å².